The largest absolute Gasteiger partial charge is 0.386 e. The Labute approximate surface area is 78.2 Å². The number of aliphatic imine (C=N–C) groups is 2. The summed E-state index contributed by atoms with van der Waals surface area (Å²) in [4.78, 5) is 7.88. The van der Waals surface area contributed by atoms with Gasteiger partial charge in [0.2, 0.25) is 0 Å². The zero-order chi connectivity index (χ0) is 9.68. The third-order valence-electron chi connectivity index (χ3n) is 1.97. The van der Waals surface area contributed by atoms with Crippen molar-refractivity contribution >= 4 is 11.9 Å². The van der Waals surface area contributed by atoms with Crippen LogP contribution >= 0.6 is 0 Å². The minimum Gasteiger partial charge on any atom is -0.386 e. The predicted octanol–water partition coefficient (Wildman–Crippen LogP) is 0.861. The SMILES string of the molecule is CN=CC(O)C1C=CC=CC1=NC. The highest BCUT2D eigenvalue weighted by molar-refractivity contribution is 6.01. The lowest BCUT2D eigenvalue weighted by molar-refractivity contribution is 0.227. The van der Waals surface area contributed by atoms with Crippen LogP contribution in [0.5, 0.6) is 0 Å². The highest BCUT2D eigenvalue weighted by Crippen LogP contribution is 2.13. The first kappa shape index (κ1) is 9.86. The Bertz CT molecular complexity index is 277. The fourth-order valence-electron chi connectivity index (χ4n) is 1.31. The van der Waals surface area contributed by atoms with Crippen LogP contribution < -0.4 is 0 Å². The molecule has 0 aliphatic heterocycles. The molecule has 2 unspecified atom stereocenters. The van der Waals surface area contributed by atoms with Gasteiger partial charge in [0, 0.05) is 26.0 Å². The quantitative estimate of drug-likeness (QED) is 0.626. The van der Waals surface area contributed by atoms with Crippen molar-refractivity contribution in [1.29, 1.82) is 0 Å². The standard InChI is InChI=1S/C10H14N2O/c1-11-7-10(13)8-5-3-4-6-9(8)12-2/h3-8,10,13H,1-2H3. The number of nitrogens with zero attached hydrogens (tertiary/aromatic N) is 2. The minimum atomic E-state index is -0.579. The zero-order valence-electron chi connectivity index (χ0n) is 7.88. The van der Waals surface area contributed by atoms with Gasteiger partial charge < -0.3 is 5.11 Å². The summed E-state index contributed by atoms with van der Waals surface area (Å²) in [6.07, 6.45) is 8.59. The molecule has 1 N–H and O–H groups in total. The lowest BCUT2D eigenvalue weighted by Gasteiger charge is -2.18. The van der Waals surface area contributed by atoms with Crippen LogP contribution in [-0.2, 0) is 0 Å². The number of hydrogen-bond donors (Lipinski definition) is 1. The van der Waals surface area contributed by atoms with Crippen LogP contribution in [0.25, 0.3) is 0 Å². The second-order valence-corrected chi connectivity index (χ2v) is 2.82. The smallest absolute Gasteiger partial charge is 0.100 e. The lowest BCUT2D eigenvalue weighted by atomic mass is 9.93. The molecule has 0 saturated carbocycles. The second-order valence-electron chi connectivity index (χ2n) is 2.82. The van der Waals surface area contributed by atoms with Gasteiger partial charge >= 0.3 is 0 Å². The molecular weight excluding hydrogens is 164 g/mol. The molecule has 0 aromatic rings. The Kier molecular flexibility index (Phi) is 3.58. The van der Waals surface area contributed by atoms with Gasteiger partial charge in [0.25, 0.3) is 0 Å². The third kappa shape index (κ3) is 2.36. The van der Waals surface area contributed by atoms with Crippen LogP contribution in [0.3, 0.4) is 0 Å². The van der Waals surface area contributed by atoms with E-state index >= 15 is 0 Å². The van der Waals surface area contributed by atoms with Crippen molar-refractivity contribution in [2.45, 2.75) is 6.10 Å². The Hall–Kier alpha value is -1.22. The van der Waals surface area contributed by atoms with Crippen LogP contribution in [0.4, 0.5) is 0 Å². The molecule has 2 atom stereocenters. The fraction of sp³-hybridized carbons (Fsp3) is 0.400. The maximum Gasteiger partial charge on any atom is 0.100 e. The van der Waals surface area contributed by atoms with Gasteiger partial charge in [0.15, 0.2) is 0 Å². The van der Waals surface area contributed by atoms with E-state index in [1.165, 1.54) is 6.21 Å². The first-order valence-corrected chi connectivity index (χ1v) is 4.21. The first-order valence-electron chi connectivity index (χ1n) is 4.21. The van der Waals surface area contributed by atoms with E-state index < -0.39 is 6.10 Å². The molecule has 0 saturated heterocycles. The predicted molar refractivity (Wildman–Crippen MR) is 55.6 cm³/mol. The Morgan fingerprint density at radius 3 is 2.85 bits per heavy atom. The first-order chi connectivity index (χ1) is 6.29. The molecule has 3 heteroatoms. The number of rotatable bonds is 2. The van der Waals surface area contributed by atoms with Crippen molar-refractivity contribution in [2.24, 2.45) is 15.9 Å². The highest BCUT2D eigenvalue weighted by Gasteiger charge is 2.19. The van der Waals surface area contributed by atoms with Crippen molar-refractivity contribution < 1.29 is 5.11 Å². The van der Waals surface area contributed by atoms with Gasteiger partial charge in [0.1, 0.15) is 6.10 Å². The van der Waals surface area contributed by atoms with Crippen molar-refractivity contribution in [3.8, 4) is 0 Å². The summed E-state index contributed by atoms with van der Waals surface area (Å²) >= 11 is 0. The van der Waals surface area contributed by atoms with E-state index in [9.17, 15) is 5.11 Å². The number of aliphatic hydroxyl groups excluding tert-OH is 1. The summed E-state index contributed by atoms with van der Waals surface area (Å²) in [5.74, 6) is -0.0568. The van der Waals surface area contributed by atoms with E-state index in [4.69, 9.17) is 0 Å². The van der Waals surface area contributed by atoms with Crippen LogP contribution in [0.1, 0.15) is 0 Å². The molecule has 1 aliphatic carbocycles. The van der Waals surface area contributed by atoms with Crippen LogP contribution in [0, 0.1) is 5.92 Å². The van der Waals surface area contributed by atoms with Crippen LogP contribution in [-0.4, -0.2) is 37.2 Å². The second kappa shape index (κ2) is 4.72. The van der Waals surface area contributed by atoms with E-state index in [-0.39, 0.29) is 5.92 Å². The van der Waals surface area contributed by atoms with Gasteiger partial charge in [-0.1, -0.05) is 18.2 Å². The number of allylic oxidation sites excluding steroid dienone is 3. The topological polar surface area (TPSA) is 45.0 Å². The molecule has 0 spiro atoms. The average Bonchev–Trinajstić information content (AvgIpc) is 2.18. The fourth-order valence-corrected chi connectivity index (χ4v) is 1.31. The summed E-state index contributed by atoms with van der Waals surface area (Å²) in [7, 11) is 3.37. The van der Waals surface area contributed by atoms with Gasteiger partial charge in [-0.15, -0.1) is 0 Å². The van der Waals surface area contributed by atoms with E-state index in [2.05, 4.69) is 9.98 Å². The van der Waals surface area contributed by atoms with Gasteiger partial charge in [0.05, 0.1) is 5.92 Å². The third-order valence-corrected chi connectivity index (χ3v) is 1.97. The maximum atomic E-state index is 9.66. The molecule has 1 rings (SSSR count). The number of aliphatic hydroxyl groups is 1. The molecule has 70 valence electrons. The molecular formula is C10H14N2O. The summed E-state index contributed by atoms with van der Waals surface area (Å²) in [6, 6.07) is 0. The van der Waals surface area contributed by atoms with E-state index in [0.717, 1.165) is 5.71 Å². The summed E-state index contributed by atoms with van der Waals surface area (Å²) in [5.41, 5.74) is 0.884. The van der Waals surface area contributed by atoms with Crippen LogP contribution in [0.2, 0.25) is 0 Å². The van der Waals surface area contributed by atoms with E-state index in [1.54, 1.807) is 14.1 Å². The summed E-state index contributed by atoms with van der Waals surface area (Å²) in [6.45, 7) is 0. The summed E-state index contributed by atoms with van der Waals surface area (Å²) in [5, 5.41) is 9.66. The molecule has 0 aromatic carbocycles. The summed E-state index contributed by atoms with van der Waals surface area (Å²) < 4.78 is 0. The van der Waals surface area contributed by atoms with Crippen molar-refractivity contribution in [1.82, 2.24) is 0 Å². The van der Waals surface area contributed by atoms with Gasteiger partial charge in [-0.2, -0.15) is 0 Å². The molecule has 3 nitrogen and oxygen atoms in total. The molecule has 13 heavy (non-hydrogen) atoms. The average molecular weight is 178 g/mol. The van der Waals surface area contributed by atoms with Crippen molar-refractivity contribution in [2.75, 3.05) is 14.1 Å². The number of hydrogen-bond acceptors (Lipinski definition) is 3. The van der Waals surface area contributed by atoms with Crippen molar-refractivity contribution in [3.05, 3.63) is 24.3 Å². The van der Waals surface area contributed by atoms with Crippen LogP contribution in [0.15, 0.2) is 34.3 Å². The molecule has 1 aliphatic rings. The Morgan fingerprint density at radius 2 is 2.23 bits per heavy atom. The van der Waals surface area contributed by atoms with Gasteiger partial charge in [-0.3, -0.25) is 9.98 Å². The zero-order valence-corrected chi connectivity index (χ0v) is 7.88. The van der Waals surface area contributed by atoms with E-state index in [1.807, 2.05) is 24.3 Å². The lowest BCUT2D eigenvalue weighted by Crippen LogP contribution is -2.27. The molecule has 0 radical (unpaired) electrons. The normalized spacial score (nSPS) is 27.3. The monoisotopic (exact) mass is 178 g/mol. The maximum absolute atomic E-state index is 9.66. The Morgan fingerprint density at radius 1 is 1.46 bits per heavy atom. The minimum absolute atomic E-state index is 0.0568. The van der Waals surface area contributed by atoms with Gasteiger partial charge in [-0.25, -0.2) is 0 Å². The Balaban J connectivity index is 2.79. The highest BCUT2D eigenvalue weighted by atomic mass is 16.3. The molecule has 0 fully saturated rings. The van der Waals surface area contributed by atoms with Gasteiger partial charge in [-0.05, 0) is 6.08 Å². The molecule has 0 heterocycles. The van der Waals surface area contributed by atoms with E-state index in [0.29, 0.717) is 0 Å². The molecule has 0 bridgehead atoms. The van der Waals surface area contributed by atoms with Crippen molar-refractivity contribution in [3.63, 3.8) is 0 Å². The molecule has 0 aromatic heterocycles. The molecule has 0 amide bonds.